The highest BCUT2D eigenvalue weighted by molar-refractivity contribution is 7.15. The number of esters is 1. The van der Waals surface area contributed by atoms with Crippen LogP contribution in [0.4, 0.5) is 29.2 Å². The Bertz CT molecular complexity index is 1160. The summed E-state index contributed by atoms with van der Waals surface area (Å²) in [6.07, 6.45) is -0.761. The van der Waals surface area contributed by atoms with Crippen molar-refractivity contribution < 1.29 is 27.1 Å². The zero-order valence-electron chi connectivity index (χ0n) is 18.2. The number of thiazole rings is 1. The molecule has 6 nitrogen and oxygen atoms in total. The second kappa shape index (κ2) is 9.65. The first kappa shape index (κ1) is 24.1. The lowest BCUT2D eigenvalue weighted by atomic mass is 9.80. The average molecular weight is 495 g/mol. The largest absolute Gasteiger partial charge is 0.466 e. The molecule has 2 aromatic heterocycles. The summed E-state index contributed by atoms with van der Waals surface area (Å²) in [4.78, 5) is 24.3. The molecule has 11 heteroatoms. The van der Waals surface area contributed by atoms with Gasteiger partial charge in [0.1, 0.15) is 10.7 Å². The normalized spacial score (nSPS) is 20.7. The maximum Gasteiger partial charge on any atom is 0.433 e. The highest BCUT2D eigenvalue weighted by atomic mass is 32.1. The predicted molar refractivity (Wildman–Crippen MR) is 119 cm³/mol. The van der Waals surface area contributed by atoms with Crippen molar-refractivity contribution in [2.45, 2.75) is 44.5 Å². The van der Waals surface area contributed by atoms with Crippen LogP contribution in [0.15, 0.2) is 42.7 Å². The Balaban J connectivity index is 1.47. The number of aromatic nitrogens is 3. The Hall–Kier alpha value is -3.08. The highest BCUT2D eigenvalue weighted by Gasteiger charge is 2.41. The first-order valence-corrected chi connectivity index (χ1v) is 11.6. The van der Waals surface area contributed by atoms with Crippen LogP contribution in [0.2, 0.25) is 0 Å². The fourth-order valence-corrected chi connectivity index (χ4v) is 4.91. The third-order valence-electron chi connectivity index (χ3n) is 5.64. The second-order valence-electron chi connectivity index (χ2n) is 7.99. The number of ether oxygens (including phenoxy) is 1. The molecule has 0 amide bonds. The number of halogens is 4. The fraction of sp³-hybridized carbons (Fsp3) is 0.391. The molecule has 0 radical (unpaired) electrons. The van der Waals surface area contributed by atoms with E-state index in [1.165, 1.54) is 11.3 Å². The molecule has 0 unspecified atom stereocenters. The van der Waals surface area contributed by atoms with Gasteiger partial charge in [0.15, 0.2) is 5.67 Å². The summed E-state index contributed by atoms with van der Waals surface area (Å²) in [5.74, 6) is -0.749. The van der Waals surface area contributed by atoms with Crippen LogP contribution in [0.3, 0.4) is 0 Å². The van der Waals surface area contributed by atoms with Crippen LogP contribution in [0.5, 0.6) is 0 Å². The number of nitrogens with zero attached hydrogens (tertiary/aromatic N) is 3. The molecule has 0 atom stereocenters. The average Bonchev–Trinajstić information content (AvgIpc) is 3.31. The van der Waals surface area contributed by atoms with E-state index in [2.05, 4.69) is 20.3 Å². The third kappa shape index (κ3) is 5.35. The van der Waals surface area contributed by atoms with Crippen molar-refractivity contribution in [1.82, 2.24) is 15.0 Å². The van der Waals surface area contributed by atoms with E-state index >= 15 is 4.39 Å². The molecule has 1 aromatic carbocycles. The van der Waals surface area contributed by atoms with E-state index < -0.39 is 17.5 Å². The van der Waals surface area contributed by atoms with E-state index in [0.29, 0.717) is 35.0 Å². The maximum absolute atomic E-state index is 15.6. The van der Waals surface area contributed by atoms with Gasteiger partial charge in [0.05, 0.1) is 17.4 Å². The summed E-state index contributed by atoms with van der Waals surface area (Å²) in [6, 6.07) is 7.71. The lowest BCUT2D eigenvalue weighted by Gasteiger charge is -2.31. The number of nitrogens with one attached hydrogen (secondary N) is 1. The van der Waals surface area contributed by atoms with Crippen LogP contribution in [0.1, 0.15) is 43.3 Å². The topological polar surface area (TPSA) is 77.0 Å². The minimum absolute atomic E-state index is 0.182. The first-order valence-electron chi connectivity index (χ1n) is 10.8. The summed E-state index contributed by atoms with van der Waals surface area (Å²) in [5, 5.41) is 3.13. The van der Waals surface area contributed by atoms with Crippen LogP contribution >= 0.6 is 11.3 Å². The van der Waals surface area contributed by atoms with Crippen LogP contribution in [-0.4, -0.2) is 27.5 Å². The molecule has 1 saturated carbocycles. The molecule has 34 heavy (non-hydrogen) atoms. The summed E-state index contributed by atoms with van der Waals surface area (Å²) in [5.41, 5.74) is -1.44. The molecular formula is C23H22F4N4O2S. The van der Waals surface area contributed by atoms with E-state index in [1.807, 2.05) is 0 Å². The van der Waals surface area contributed by atoms with Gasteiger partial charge < -0.3 is 10.1 Å². The SMILES string of the molecule is CCOC(=O)[C@H]1CC[C@@](F)(c2ncc(-c3cccc(Nc4nccc(C(F)(F)F)n4)c3)s2)CC1. The number of hydrogen-bond donors (Lipinski definition) is 1. The van der Waals surface area contributed by atoms with Gasteiger partial charge in [0.25, 0.3) is 0 Å². The zero-order valence-corrected chi connectivity index (χ0v) is 19.0. The van der Waals surface area contributed by atoms with Crippen LogP contribution in [0.25, 0.3) is 10.4 Å². The van der Waals surface area contributed by atoms with Crippen LogP contribution in [0, 0.1) is 5.92 Å². The Kier molecular flexibility index (Phi) is 6.83. The van der Waals surface area contributed by atoms with Crippen molar-refractivity contribution >= 4 is 28.9 Å². The van der Waals surface area contributed by atoms with Gasteiger partial charge in [0, 0.05) is 18.1 Å². The molecule has 0 spiro atoms. The Morgan fingerprint density at radius 3 is 2.71 bits per heavy atom. The molecule has 4 rings (SSSR count). The van der Waals surface area contributed by atoms with Crippen molar-refractivity contribution in [2.75, 3.05) is 11.9 Å². The van der Waals surface area contributed by atoms with Gasteiger partial charge in [-0.25, -0.2) is 19.3 Å². The molecule has 3 aromatic rings. The van der Waals surface area contributed by atoms with Crippen molar-refractivity contribution in [3.63, 3.8) is 0 Å². The second-order valence-corrected chi connectivity index (χ2v) is 9.02. The van der Waals surface area contributed by atoms with Gasteiger partial charge in [-0.3, -0.25) is 4.79 Å². The lowest BCUT2D eigenvalue weighted by Crippen LogP contribution is -2.31. The van der Waals surface area contributed by atoms with Crippen LogP contribution in [-0.2, 0) is 21.4 Å². The number of carbonyl (C=O) groups is 1. The van der Waals surface area contributed by atoms with Crippen molar-refractivity contribution in [3.05, 3.63) is 53.4 Å². The highest BCUT2D eigenvalue weighted by Crippen LogP contribution is 2.45. The smallest absolute Gasteiger partial charge is 0.433 e. The van der Waals surface area contributed by atoms with Crippen molar-refractivity contribution in [2.24, 2.45) is 5.92 Å². The molecule has 0 bridgehead atoms. The van der Waals surface area contributed by atoms with E-state index in [4.69, 9.17) is 4.74 Å². The monoisotopic (exact) mass is 494 g/mol. The van der Waals surface area contributed by atoms with Crippen LogP contribution < -0.4 is 5.32 Å². The number of rotatable bonds is 6. The van der Waals surface area contributed by atoms with Gasteiger partial charge >= 0.3 is 12.1 Å². The van der Waals surface area contributed by atoms with Crippen molar-refractivity contribution in [3.8, 4) is 10.4 Å². The molecule has 0 aliphatic heterocycles. The summed E-state index contributed by atoms with van der Waals surface area (Å²) < 4.78 is 59.4. The standard InChI is InChI=1S/C23H22F4N4O2S/c1-2-33-19(32)14-6-9-22(24,10-7-14)20-29-13-17(34-20)15-4-3-5-16(12-15)30-21-28-11-8-18(31-21)23(25,26)27/h3-5,8,11-14H,2,6-7,9-10H2,1H3,(H,28,30,31)/t14-,22-. The predicted octanol–water partition coefficient (Wildman–Crippen LogP) is 6.28. The number of alkyl halides is 4. The minimum Gasteiger partial charge on any atom is -0.466 e. The number of carbonyl (C=O) groups excluding carboxylic acids is 1. The molecule has 1 aliphatic rings. The van der Waals surface area contributed by atoms with E-state index in [9.17, 15) is 18.0 Å². The lowest BCUT2D eigenvalue weighted by molar-refractivity contribution is -0.150. The third-order valence-corrected chi connectivity index (χ3v) is 6.86. The van der Waals surface area contributed by atoms with Gasteiger partial charge in [-0.1, -0.05) is 12.1 Å². The Morgan fingerprint density at radius 1 is 1.24 bits per heavy atom. The number of hydrogen-bond acceptors (Lipinski definition) is 7. The van der Waals surface area contributed by atoms with Gasteiger partial charge in [-0.15, -0.1) is 11.3 Å². The Morgan fingerprint density at radius 2 is 2.00 bits per heavy atom. The van der Waals surface area contributed by atoms with E-state index in [1.54, 1.807) is 37.4 Å². The zero-order chi connectivity index (χ0) is 24.3. The number of benzene rings is 1. The summed E-state index contributed by atoms with van der Waals surface area (Å²) in [7, 11) is 0. The molecule has 180 valence electrons. The molecule has 1 aliphatic carbocycles. The quantitative estimate of drug-likeness (QED) is 0.321. The summed E-state index contributed by atoms with van der Waals surface area (Å²) >= 11 is 1.22. The molecular weight excluding hydrogens is 472 g/mol. The molecule has 1 fully saturated rings. The Labute approximate surface area is 197 Å². The van der Waals surface area contributed by atoms with Gasteiger partial charge in [-0.2, -0.15) is 13.2 Å². The van der Waals surface area contributed by atoms with Gasteiger partial charge in [-0.05, 0) is 56.4 Å². The molecule has 0 saturated heterocycles. The van der Waals surface area contributed by atoms with Crippen molar-refractivity contribution in [1.29, 1.82) is 0 Å². The fourth-order valence-electron chi connectivity index (χ4n) is 3.86. The first-order chi connectivity index (χ1) is 16.2. The van der Waals surface area contributed by atoms with E-state index in [0.717, 1.165) is 17.8 Å². The summed E-state index contributed by atoms with van der Waals surface area (Å²) in [6.45, 7) is 2.05. The minimum atomic E-state index is -4.57. The van der Waals surface area contributed by atoms with Gasteiger partial charge in [0.2, 0.25) is 5.95 Å². The number of anilines is 2. The molecule has 2 heterocycles. The maximum atomic E-state index is 15.6. The van der Waals surface area contributed by atoms with E-state index in [-0.39, 0.29) is 30.7 Å². The molecule has 1 N–H and O–H groups in total.